The molecule has 4 nitrogen and oxygen atoms in total. The van der Waals surface area contributed by atoms with Crippen molar-refractivity contribution in [1.29, 1.82) is 5.26 Å². The third kappa shape index (κ3) is 5.60. The molecule has 0 spiro atoms. The topological polar surface area (TPSA) is 62.1 Å². The summed E-state index contributed by atoms with van der Waals surface area (Å²) in [5, 5.41) is 11.8. The summed E-state index contributed by atoms with van der Waals surface area (Å²) in [6.45, 7) is 7.73. The van der Waals surface area contributed by atoms with Crippen molar-refractivity contribution in [2.75, 3.05) is 6.61 Å². The summed E-state index contributed by atoms with van der Waals surface area (Å²) in [6.07, 6.45) is 3.24. The lowest BCUT2D eigenvalue weighted by Crippen LogP contribution is -2.30. The van der Waals surface area contributed by atoms with Crippen molar-refractivity contribution in [3.63, 3.8) is 0 Å². The van der Waals surface area contributed by atoms with Gasteiger partial charge in [-0.1, -0.05) is 18.7 Å². The lowest BCUT2D eigenvalue weighted by molar-refractivity contribution is -0.117. The summed E-state index contributed by atoms with van der Waals surface area (Å²) >= 11 is 2.15. The van der Waals surface area contributed by atoms with Gasteiger partial charge < -0.3 is 10.1 Å². The summed E-state index contributed by atoms with van der Waals surface area (Å²) in [4.78, 5) is 11.8. The first-order chi connectivity index (χ1) is 9.97. The molecule has 0 aliphatic carbocycles. The number of benzene rings is 1. The van der Waals surface area contributed by atoms with Gasteiger partial charge in [0, 0.05) is 6.04 Å². The highest BCUT2D eigenvalue weighted by atomic mass is 127. The Labute approximate surface area is 138 Å². The number of ether oxygens (including phenoxy) is 1. The van der Waals surface area contributed by atoms with Crippen molar-refractivity contribution < 1.29 is 9.53 Å². The van der Waals surface area contributed by atoms with E-state index in [-0.39, 0.29) is 17.5 Å². The molecule has 0 saturated carbocycles. The van der Waals surface area contributed by atoms with Crippen LogP contribution >= 0.6 is 22.6 Å². The van der Waals surface area contributed by atoms with E-state index < -0.39 is 0 Å². The van der Waals surface area contributed by atoms with E-state index in [1.807, 2.05) is 32.0 Å². The van der Waals surface area contributed by atoms with Crippen LogP contribution in [0.1, 0.15) is 19.4 Å². The van der Waals surface area contributed by atoms with Crippen LogP contribution in [0, 0.1) is 14.9 Å². The second-order valence-electron chi connectivity index (χ2n) is 4.59. The zero-order chi connectivity index (χ0) is 15.8. The van der Waals surface area contributed by atoms with Gasteiger partial charge in [0.1, 0.15) is 24.0 Å². The lowest BCUT2D eigenvalue weighted by Gasteiger charge is -2.08. The fraction of sp³-hybridized carbons (Fsp3) is 0.250. The van der Waals surface area contributed by atoms with Crippen molar-refractivity contribution in [2.24, 2.45) is 0 Å². The first-order valence-electron chi connectivity index (χ1n) is 6.43. The number of carbonyl (C=O) groups is 1. The first-order valence-corrected chi connectivity index (χ1v) is 7.51. The molecule has 0 saturated heterocycles. The van der Waals surface area contributed by atoms with Crippen LogP contribution in [-0.2, 0) is 4.79 Å². The Hall–Kier alpha value is -1.81. The molecule has 0 atom stereocenters. The van der Waals surface area contributed by atoms with Crippen molar-refractivity contribution in [1.82, 2.24) is 5.32 Å². The molecule has 0 bridgehead atoms. The highest BCUT2D eigenvalue weighted by Crippen LogP contribution is 2.23. The number of hydrogen-bond acceptors (Lipinski definition) is 3. The summed E-state index contributed by atoms with van der Waals surface area (Å²) in [7, 11) is 0. The van der Waals surface area contributed by atoms with Crippen LogP contribution in [0.2, 0.25) is 0 Å². The largest absolute Gasteiger partial charge is 0.488 e. The van der Waals surface area contributed by atoms with Crippen molar-refractivity contribution >= 4 is 34.6 Å². The van der Waals surface area contributed by atoms with Crippen LogP contribution in [0.3, 0.4) is 0 Å². The summed E-state index contributed by atoms with van der Waals surface area (Å²) in [5.74, 6) is 0.382. The highest BCUT2D eigenvalue weighted by Gasteiger charge is 2.10. The van der Waals surface area contributed by atoms with Gasteiger partial charge in [0.15, 0.2) is 0 Å². The third-order valence-electron chi connectivity index (χ3n) is 2.41. The predicted molar refractivity (Wildman–Crippen MR) is 91.7 cm³/mol. The van der Waals surface area contributed by atoms with E-state index in [9.17, 15) is 4.79 Å². The van der Waals surface area contributed by atoms with Gasteiger partial charge in [-0.15, -0.1) is 0 Å². The number of carbonyl (C=O) groups excluding carboxylic acids is 1. The van der Waals surface area contributed by atoms with Gasteiger partial charge in [0.25, 0.3) is 5.91 Å². The Bertz CT molecular complexity index is 601. The van der Waals surface area contributed by atoms with Crippen LogP contribution in [0.15, 0.2) is 36.4 Å². The summed E-state index contributed by atoms with van der Waals surface area (Å²) in [5.41, 5.74) is 0.861. The molecule has 1 N–H and O–H groups in total. The maximum Gasteiger partial charge on any atom is 0.262 e. The molecule has 1 rings (SSSR count). The smallest absolute Gasteiger partial charge is 0.262 e. The van der Waals surface area contributed by atoms with E-state index in [1.165, 1.54) is 0 Å². The quantitative estimate of drug-likeness (QED) is 0.348. The molecule has 1 aromatic carbocycles. The fourth-order valence-electron chi connectivity index (χ4n) is 1.53. The van der Waals surface area contributed by atoms with Crippen molar-refractivity contribution in [3.8, 4) is 11.8 Å². The van der Waals surface area contributed by atoms with Gasteiger partial charge in [-0.05, 0) is 60.2 Å². The summed E-state index contributed by atoms with van der Waals surface area (Å²) < 4.78 is 6.39. The highest BCUT2D eigenvalue weighted by molar-refractivity contribution is 14.1. The van der Waals surface area contributed by atoms with Crippen LogP contribution in [-0.4, -0.2) is 18.6 Å². The van der Waals surface area contributed by atoms with E-state index in [4.69, 9.17) is 10.00 Å². The molecule has 1 amide bonds. The molecule has 21 heavy (non-hydrogen) atoms. The fourth-order valence-corrected chi connectivity index (χ4v) is 2.22. The Kier molecular flexibility index (Phi) is 6.96. The SMILES string of the molecule is C=CCOc1ccc(C=C(C#N)C(=O)NC(C)C)cc1I. The lowest BCUT2D eigenvalue weighted by atomic mass is 10.1. The molecule has 1 aromatic rings. The van der Waals surface area contributed by atoms with E-state index in [2.05, 4.69) is 34.5 Å². The van der Waals surface area contributed by atoms with E-state index in [0.717, 1.165) is 14.9 Å². The average Bonchev–Trinajstić information content (AvgIpc) is 2.43. The third-order valence-corrected chi connectivity index (χ3v) is 3.25. The zero-order valence-electron chi connectivity index (χ0n) is 12.0. The van der Waals surface area contributed by atoms with Gasteiger partial charge >= 0.3 is 0 Å². The zero-order valence-corrected chi connectivity index (χ0v) is 14.2. The van der Waals surface area contributed by atoms with Crippen molar-refractivity contribution in [3.05, 3.63) is 45.6 Å². The molecule has 5 heteroatoms. The second-order valence-corrected chi connectivity index (χ2v) is 5.75. The molecular formula is C16H17IN2O2. The van der Waals surface area contributed by atoms with Gasteiger partial charge in [-0.25, -0.2) is 0 Å². The first kappa shape index (κ1) is 17.2. The molecular weight excluding hydrogens is 379 g/mol. The van der Waals surface area contributed by atoms with Gasteiger partial charge in [-0.2, -0.15) is 5.26 Å². The van der Waals surface area contributed by atoms with E-state index in [1.54, 1.807) is 18.2 Å². The monoisotopic (exact) mass is 396 g/mol. The Morgan fingerprint density at radius 3 is 2.81 bits per heavy atom. The van der Waals surface area contributed by atoms with Gasteiger partial charge in [-0.3, -0.25) is 4.79 Å². The Morgan fingerprint density at radius 1 is 1.57 bits per heavy atom. The number of nitrogens with one attached hydrogen (secondary N) is 1. The van der Waals surface area contributed by atoms with Crippen LogP contribution in [0.25, 0.3) is 6.08 Å². The van der Waals surface area contributed by atoms with E-state index >= 15 is 0 Å². The molecule has 0 radical (unpaired) electrons. The number of halogens is 1. The van der Waals surface area contributed by atoms with Gasteiger partial charge in [0.2, 0.25) is 0 Å². The Morgan fingerprint density at radius 2 is 2.29 bits per heavy atom. The normalized spacial score (nSPS) is 10.9. The predicted octanol–water partition coefficient (Wildman–Crippen LogP) is 3.29. The van der Waals surface area contributed by atoms with E-state index in [0.29, 0.717) is 6.61 Å². The number of amides is 1. The van der Waals surface area contributed by atoms with Crippen molar-refractivity contribution in [2.45, 2.75) is 19.9 Å². The second kappa shape index (κ2) is 8.47. The molecule has 0 aliphatic heterocycles. The Balaban J connectivity index is 2.97. The van der Waals surface area contributed by atoms with Crippen LogP contribution in [0.4, 0.5) is 0 Å². The van der Waals surface area contributed by atoms with Crippen LogP contribution in [0.5, 0.6) is 5.75 Å². The van der Waals surface area contributed by atoms with Gasteiger partial charge in [0.05, 0.1) is 3.57 Å². The molecule has 0 fully saturated rings. The molecule has 110 valence electrons. The minimum absolute atomic E-state index is 0.0101. The summed E-state index contributed by atoms with van der Waals surface area (Å²) in [6, 6.07) is 7.39. The maximum absolute atomic E-state index is 11.8. The number of nitriles is 1. The number of hydrogen-bond donors (Lipinski definition) is 1. The maximum atomic E-state index is 11.8. The molecule has 0 unspecified atom stereocenters. The molecule has 0 aromatic heterocycles. The van der Waals surface area contributed by atoms with Crippen LogP contribution < -0.4 is 10.1 Å². The number of nitrogens with zero attached hydrogens (tertiary/aromatic N) is 1. The molecule has 0 aliphatic rings. The molecule has 0 heterocycles. The standard InChI is InChI=1S/C16H17IN2O2/c1-4-7-21-15-6-5-12(9-14(15)17)8-13(10-18)16(20)19-11(2)3/h4-6,8-9,11H,1,7H2,2-3H3,(H,19,20). The minimum Gasteiger partial charge on any atom is -0.488 e. The minimum atomic E-state index is -0.366. The number of rotatable bonds is 6. The average molecular weight is 396 g/mol.